The lowest BCUT2D eigenvalue weighted by molar-refractivity contribution is 1.48. The summed E-state index contributed by atoms with van der Waals surface area (Å²) in [4.78, 5) is 0. The van der Waals surface area contributed by atoms with Crippen LogP contribution in [-0.2, 0) is 0 Å². The Bertz CT molecular complexity index is 557. The minimum atomic E-state index is 1.01. The molecular formula is C12H5Br5. The molecule has 0 bridgehead atoms. The minimum absolute atomic E-state index is 1.01. The molecule has 0 fully saturated rings. The van der Waals surface area contributed by atoms with E-state index >= 15 is 0 Å². The Kier molecular flexibility index (Phi) is 4.92. The van der Waals surface area contributed by atoms with Crippen molar-refractivity contribution in [2.45, 2.75) is 0 Å². The molecule has 0 atom stereocenters. The molecule has 0 saturated heterocycles. The highest BCUT2D eigenvalue weighted by molar-refractivity contribution is 9.14. The molecule has 88 valence electrons. The first-order valence-corrected chi connectivity index (χ1v) is 8.56. The van der Waals surface area contributed by atoms with Crippen molar-refractivity contribution in [3.8, 4) is 11.1 Å². The molecule has 0 nitrogen and oxygen atoms in total. The van der Waals surface area contributed by atoms with E-state index in [-0.39, 0.29) is 0 Å². The molecule has 0 aromatic heterocycles. The van der Waals surface area contributed by atoms with Crippen LogP contribution in [0.25, 0.3) is 11.1 Å². The van der Waals surface area contributed by atoms with Crippen molar-refractivity contribution in [3.05, 3.63) is 52.7 Å². The molecule has 2 aromatic carbocycles. The Morgan fingerprint density at radius 1 is 0.588 bits per heavy atom. The topological polar surface area (TPSA) is 0 Å². The number of benzene rings is 2. The maximum absolute atomic E-state index is 3.62. The van der Waals surface area contributed by atoms with Gasteiger partial charge in [0.25, 0.3) is 0 Å². The van der Waals surface area contributed by atoms with Gasteiger partial charge >= 0.3 is 0 Å². The lowest BCUT2D eigenvalue weighted by Gasteiger charge is -2.11. The van der Waals surface area contributed by atoms with Crippen molar-refractivity contribution >= 4 is 79.6 Å². The summed E-state index contributed by atoms with van der Waals surface area (Å²) in [5, 5.41) is 0. The zero-order valence-electron chi connectivity index (χ0n) is 8.28. The summed E-state index contributed by atoms with van der Waals surface area (Å²) >= 11 is 17.8. The molecule has 2 aromatic rings. The summed E-state index contributed by atoms with van der Waals surface area (Å²) in [7, 11) is 0. The standard InChI is InChI=1S/C12H5Br5/c13-7-2-1-3-8(14)10(7)6-4-5-9(15)12(17)11(6)16/h1-5H. The van der Waals surface area contributed by atoms with Crippen molar-refractivity contribution < 1.29 is 0 Å². The van der Waals surface area contributed by atoms with E-state index in [1.807, 2.05) is 24.3 Å². The van der Waals surface area contributed by atoms with Gasteiger partial charge in [0.05, 0.1) is 0 Å². The lowest BCUT2D eigenvalue weighted by atomic mass is 10.1. The lowest BCUT2D eigenvalue weighted by Crippen LogP contribution is -1.85. The third-order valence-corrected chi connectivity index (χ3v) is 6.96. The molecule has 0 amide bonds. The normalized spacial score (nSPS) is 10.6. The van der Waals surface area contributed by atoms with Crippen LogP contribution < -0.4 is 0 Å². The van der Waals surface area contributed by atoms with Crippen LogP contribution in [0.4, 0.5) is 0 Å². The molecule has 5 heteroatoms. The maximum atomic E-state index is 3.62. The van der Waals surface area contributed by atoms with Crippen molar-refractivity contribution in [1.82, 2.24) is 0 Å². The van der Waals surface area contributed by atoms with E-state index in [9.17, 15) is 0 Å². The Hall–Kier alpha value is 0.840. The van der Waals surface area contributed by atoms with E-state index in [0.29, 0.717) is 0 Å². The third-order valence-electron chi connectivity index (χ3n) is 2.27. The molecule has 2 rings (SSSR count). The monoisotopic (exact) mass is 544 g/mol. The Balaban J connectivity index is 2.74. The van der Waals surface area contributed by atoms with E-state index in [4.69, 9.17) is 0 Å². The quantitative estimate of drug-likeness (QED) is 0.332. The Labute approximate surface area is 142 Å². The molecule has 0 aliphatic carbocycles. The molecule has 0 aliphatic rings. The van der Waals surface area contributed by atoms with E-state index < -0.39 is 0 Å². The van der Waals surface area contributed by atoms with E-state index in [1.54, 1.807) is 0 Å². The summed E-state index contributed by atoms with van der Waals surface area (Å²) in [6, 6.07) is 10.2. The van der Waals surface area contributed by atoms with Gasteiger partial charge in [-0.3, -0.25) is 0 Å². The SMILES string of the molecule is Brc1ccc(-c2c(Br)cccc2Br)c(Br)c1Br. The van der Waals surface area contributed by atoms with Crippen LogP contribution in [0.2, 0.25) is 0 Å². The van der Waals surface area contributed by atoms with Crippen LogP contribution in [0.5, 0.6) is 0 Å². The van der Waals surface area contributed by atoms with Crippen molar-refractivity contribution in [2.24, 2.45) is 0 Å². The van der Waals surface area contributed by atoms with Crippen molar-refractivity contribution in [2.75, 3.05) is 0 Å². The van der Waals surface area contributed by atoms with Crippen molar-refractivity contribution in [1.29, 1.82) is 0 Å². The predicted octanol–water partition coefficient (Wildman–Crippen LogP) is 7.17. The number of halogens is 5. The molecule has 0 heterocycles. The van der Waals surface area contributed by atoms with Crippen LogP contribution in [0.15, 0.2) is 52.7 Å². The molecule has 0 N–H and O–H groups in total. The second-order valence-corrected chi connectivity index (χ2v) is 7.47. The number of hydrogen-bond acceptors (Lipinski definition) is 0. The zero-order chi connectivity index (χ0) is 12.6. The fourth-order valence-corrected chi connectivity index (χ4v) is 4.39. The Morgan fingerprint density at radius 3 is 1.76 bits per heavy atom. The third kappa shape index (κ3) is 2.89. The summed E-state index contributed by atoms with van der Waals surface area (Å²) in [6.45, 7) is 0. The van der Waals surface area contributed by atoms with Gasteiger partial charge in [-0.2, -0.15) is 0 Å². The first-order valence-electron chi connectivity index (χ1n) is 4.60. The van der Waals surface area contributed by atoms with Crippen LogP contribution in [0, 0.1) is 0 Å². The first kappa shape index (κ1) is 14.3. The van der Waals surface area contributed by atoms with Gasteiger partial charge in [0.2, 0.25) is 0 Å². The molecule has 0 saturated carbocycles. The van der Waals surface area contributed by atoms with Gasteiger partial charge in [0, 0.05) is 27.9 Å². The van der Waals surface area contributed by atoms with Crippen LogP contribution in [-0.4, -0.2) is 0 Å². The average molecular weight is 549 g/mol. The molecule has 0 radical (unpaired) electrons. The fraction of sp³-hybridized carbons (Fsp3) is 0. The summed E-state index contributed by atoms with van der Waals surface area (Å²) in [5.41, 5.74) is 2.26. The van der Waals surface area contributed by atoms with Crippen LogP contribution in [0.3, 0.4) is 0 Å². The highest BCUT2D eigenvalue weighted by Crippen LogP contribution is 2.43. The molecule has 0 spiro atoms. The van der Waals surface area contributed by atoms with Gasteiger partial charge in [-0.15, -0.1) is 0 Å². The van der Waals surface area contributed by atoms with Gasteiger partial charge in [-0.05, 0) is 71.6 Å². The molecule has 17 heavy (non-hydrogen) atoms. The van der Waals surface area contributed by atoms with E-state index in [2.05, 4.69) is 85.7 Å². The van der Waals surface area contributed by atoms with Gasteiger partial charge in [-0.25, -0.2) is 0 Å². The van der Waals surface area contributed by atoms with Gasteiger partial charge in [0.15, 0.2) is 0 Å². The fourth-order valence-electron chi connectivity index (χ4n) is 1.47. The summed E-state index contributed by atoms with van der Waals surface area (Å²) in [6.07, 6.45) is 0. The highest BCUT2D eigenvalue weighted by atomic mass is 79.9. The molecular weight excluding hydrogens is 544 g/mol. The largest absolute Gasteiger partial charge is 0.0600 e. The van der Waals surface area contributed by atoms with Gasteiger partial charge in [-0.1, -0.05) is 44.0 Å². The second kappa shape index (κ2) is 5.87. The van der Waals surface area contributed by atoms with Crippen LogP contribution in [0.1, 0.15) is 0 Å². The number of hydrogen-bond donors (Lipinski definition) is 0. The Morgan fingerprint density at radius 2 is 1.18 bits per heavy atom. The predicted molar refractivity (Wildman–Crippen MR) is 90.4 cm³/mol. The van der Waals surface area contributed by atoms with Gasteiger partial charge < -0.3 is 0 Å². The zero-order valence-corrected chi connectivity index (χ0v) is 16.2. The van der Waals surface area contributed by atoms with E-state index in [1.165, 1.54) is 0 Å². The van der Waals surface area contributed by atoms with Gasteiger partial charge in [0.1, 0.15) is 0 Å². The minimum Gasteiger partial charge on any atom is -0.0600 e. The average Bonchev–Trinajstić information content (AvgIpc) is 2.29. The maximum Gasteiger partial charge on any atom is 0.0465 e. The second-order valence-electron chi connectivity index (χ2n) is 3.32. The smallest absolute Gasteiger partial charge is 0.0465 e. The first-order chi connectivity index (χ1) is 8.02. The molecule has 0 unspecified atom stereocenters. The summed E-state index contributed by atoms with van der Waals surface area (Å²) < 4.78 is 5.18. The van der Waals surface area contributed by atoms with Crippen LogP contribution >= 0.6 is 79.6 Å². The highest BCUT2D eigenvalue weighted by Gasteiger charge is 2.14. The van der Waals surface area contributed by atoms with Crippen molar-refractivity contribution in [3.63, 3.8) is 0 Å². The van der Waals surface area contributed by atoms with E-state index in [0.717, 1.165) is 33.5 Å². The molecule has 0 aliphatic heterocycles. The summed E-state index contributed by atoms with van der Waals surface area (Å²) in [5.74, 6) is 0. The number of rotatable bonds is 1.